The number of hydrogen-bond acceptors (Lipinski definition) is 5. The number of esters is 1. The zero-order valence-electron chi connectivity index (χ0n) is 16.6. The van der Waals surface area contributed by atoms with Crippen molar-refractivity contribution in [3.63, 3.8) is 0 Å². The maximum Gasteiger partial charge on any atom is 0.331 e. The van der Waals surface area contributed by atoms with Gasteiger partial charge in [0.05, 0.1) is 11.0 Å². The van der Waals surface area contributed by atoms with Crippen LogP contribution in [0.3, 0.4) is 0 Å². The van der Waals surface area contributed by atoms with E-state index in [9.17, 15) is 19.7 Å². The van der Waals surface area contributed by atoms with Crippen LogP contribution < -0.4 is 5.32 Å². The first kappa shape index (κ1) is 22.0. The number of fused-ring (bicyclic) bond motifs is 1. The van der Waals surface area contributed by atoms with Gasteiger partial charge in [-0.15, -0.1) is 0 Å². The zero-order valence-corrected chi connectivity index (χ0v) is 17.3. The van der Waals surface area contributed by atoms with Crippen molar-refractivity contribution in [2.45, 2.75) is 13.0 Å². The molecule has 0 fully saturated rings. The number of hydrogen-bond donors (Lipinski definition) is 1. The minimum Gasteiger partial charge on any atom is -0.452 e. The number of carbonyl (C=O) groups is 2. The lowest BCUT2D eigenvalue weighted by atomic mass is 10.00. The van der Waals surface area contributed by atoms with Gasteiger partial charge in [0.15, 0.2) is 6.61 Å². The number of halogens is 1. The van der Waals surface area contributed by atoms with Gasteiger partial charge >= 0.3 is 5.97 Å². The van der Waals surface area contributed by atoms with Crippen molar-refractivity contribution in [2.75, 3.05) is 6.61 Å². The van der Waals surface area contributed by atoms with Gasteiger partial charge in [0.1, 0.15) is 5.02 Å². The monoisotopic (exact) mass is 438 g/mol. The quantitative estimate of drug-likeness (QED) is 0.246. The van der Waals surface area contributed by atoms with E-state index < -0.39 is 23.4 Å². The minimum absolute atomic E-state index is 0.00159. The largest absolute Gasteiger partial charge is 0.452 e. The van der Waals surface area contributed by atoms with E-state index in [0.29, 0.717) is 5.56 Å². The van der Waals surface area contributed by atoms with E-state index in [-0.39, 0.29) is 16.8 Å². The topological polar surface area (TPSA) is 98.5 Å². The summed E-state index contributed by atoms with van der Waals surface area (Å²) in [6.07, 6.45) is 2.44. The molecule has 0 saturated carbocycles. The average molecular weight is 439 g/mol. The van der Waals surface area contributed by atoms with Crippen LogP contribution in [0.25, 0.3) is 16.8 Å². The predicted octanol–water partition coefficient (Wildman–Crippen LogP) is 4.84. The summed E-state index contributed by atoms with van der Waals surface area (Å²) >= 11 is 5.75. The Kier molecular flexibility index (Phi) is 6.99. The lowest BCUT2D eigenvalue weighted by molar-refractivity contribution is -0.384. The van der Waals surface area contributed by atoms with Gasteiger partial charge in [-0.3, -0.25) is 14.9 Å². The molecule has 3 rings (SSSR count). The Hall–Kier alpha value is -3.71. The molecule has 31 heavy (non-hydrogen) atoms. The normalized spacial score (nSPS) is 11.9. The molecular weight excluding hydrogens is 420 g/mol. The molecule has 0 bridgehead atoms. The third kappa shape index (κ3) is 5.67. The first-order valence-electron chi connectivity index (χ1n) is 9.41. The lowest BCUT2D eigenvalue weighted by Crippen LogP contribution is -2.31. The van der Waals surface area contributed by atoms with Gasteiger partial charge in [-0.1, -0.05) is 60.1 Å². The molecular formula is C23H19ClN2O5. The molecule has 0 radical (unpaired) electrons. The number of ether oxygens (including phenoxy) is 1. The molecule has 0 saturated heterocycles. The van der Waals surface area contributed by atoms with E-state index in [1.165, 1.54) is 24.3 Å². The number of rotatable bonds is 7. The van der Waals surface area contributed by atoms with Crippen molar-refractivity contribution < 1.29 is 19.2 Å². The maximum atomic E-state index is 12.2. The SMILES string of the molecule is CC(NC(=O)COC(=O)/C=C/c1ccc(Cl)c([N+](=O)[O-])c1)c1cccc2ccccc12. The van der Waals surface area contributed by atoms with Crippen LogP contribution in [-0.2, 0) is 14.3 Å². The summed E-state index contributed by atoms with van der Waals surface area (Å²) in [6.45, 7) is 1.41. The number of nitro benzene ring substituents is 1. The van der Waals surface area contributed by atoms with Crippen LogP contribution in [0.1, 0.15) is 24.1 Å². The molecule has 7 nitrogen and oxygen atoms in total. The van der Waals surface area contributed by atoms with Crippen LogP contribution in [0, 0.1) is 10.1 Å². The fraction of sp³-hybridized carbons (Fsp3) is 0.130. The third-order valence-electron chi connectivity index (χ3n) is 4.59. The number of nitro groups is 1. The van der Waals surface area contributed by atoms with Crippen LogP contribution in [0.4, 0.5) is 5.69 Å². The van der Waals surface area contributed by atoms with Gasteiger partial charge in [0.25, 0.3) is 11.6 Å². The Labute approximate surface area is 183 Å². The summed E-state index contributed by atoms with van der Waals surface area (Å²) in [5, 5.41) is 15.8. The number of amides is 1. The van der Waals surface area contributed by atoms with E-state index in [1.54, 1.807) is 0 Å². The second kappa shape index (κ2) is 9.86. The molecule has 3 aromatic carbocycles. The summed E-state index contributed by atoms with van der Waals surface area (Å²) in [5.41, 5.74) is 1.10. The molecule has 3 aromatic rings. The predicted molar refractivity (Wildman–Crippen MR) is 119 cm³/mol. The van der Waals surface area contributed by atoms with Gasteiger partial charge in [-0.2, -0.15) is 0 Å². The first-order chi connectivity index (χ1) is 14.8. The van der Waals surface area contributed by atoms with Crippen molar-refractivity contribution in [3.8, 4) is 0 Å². The molecule has 1 atom stereocenters. The highest BCUT2D eigenvalue weighted by molar-refractivity contribution is 6.32. The van der Waals surface area contributed by atoms with E-state index >= 15 is 0 Å². The highest BCUT2D eigenvalue weighted by atomic mass is 35.5. The number of nitrogens with one attached hydrogen (secondary N) is 1. The van der Waals surface area contributed by atoms with Gasteiger partial charge < -0.3 is 10.1 Å². The van der Waals surface area contributed by atoms with Crippen molar-refractivity contribution in [3.05, 3.63) is 93.0 Å². The number of benzene rings is 3. The minimum atomic E-state index is -0.745. The Morgan fingerprint density at radius 3 is 2.68 bits per heavy atom. The number of nitrogens with zero attached hydrogens (tertiary/aromatic N) is 1. The molecule has 0 aliphatic heterocycles. The smallest absolute Gasteiger partial charge is 0.331 e. The molecule has 1 unspecified atom stereocenters. The molecule has 8 heteroatoms. The van der Waals surface area contributed by atoms with E-state index in [0.717, 1.165) is 22.4 Å². The van der Waals surface area contributed by atoms with Crippen LogP contribution in [0.5, 0.6) is 0 Å². The summed E-state index contributed by atoms with van der Waals surface area (Å²) in [7, 11) is 0. The molecule has 1 N–H and O–H groups in total. The van der Waals surface area contributed by atoms with Crippen LogP contribution >= 0.6 is 11.6 Å². The Morgan fingerprint density at radius 2 is 1.90 bits per heavy atom. The van der Waals surface area contributed by atoms with Gasteiger partial charge in [0.2, 0.25) is 0 Å². The van der Waals surface area contributed by atoms with E-state index in [1.807, 2.05) is 49.4 Å². The highest BCUT2D eigenvalue weighted by Crippen LogP contribution is 2.26. The first-order valence-corrected chi connectivity index (χ1v) is 9.79. The summed E-state index contributed by atoms with van der Waals surface area (Å²) < 4.78 is 4.95. The van der Waals surface area contributed by atoms with Crippen molar-refractivity contribution >= 4 is 46.0 Å². The fourth-order valence-electron chi connectivity index (χ4n) is 3.11. The molecule has 0 aliphatic rings. The number of carbonyl (C=O) groups excluding carboxylic acids is 2. The Balaban J connectivity index is 1.55. The molecule has 0 spiro atoms. The zero-order chi connectivity index (χ0) is 22.4. The van der Waals surface area contributed by atoms with Gasteiger partial charge in [0, 0.05) is 12.1 Å². The fourth-order valence-corrected chi connectivity index (χ4v) is 3.30. The standard InChI is InChI=1S/C23H19ClN2O5/c1-15(18-8-4-6-17-5-2-3-7-19(17)18)25-22(27)14-31-23(28)12-10-16-9-11-20(24)21(13-16)26(29)30/h2-13,15H,14H2,1H3,(H,25,27)/b12-10+. The van der Waals surface area contributed by atoms with Crippen molar-refractivity contribution in [1.29, 1.82) is 0 Å². The summed E-state index contributed by atoms with van der Waals surface area (Å²) in [6, 6.07) is 17.6. The molecule has 0 aromatic heterocycles. The molecule has 158 valence electrons. The molecule has 0 heterocycles. The van der Waals surface area contributed by atoms with Crippen LogP contribution in [-0.4, -0.2) is 23.4 Å². The van der Waals surface area contributed by atoms with Crippen molar-refractivity contribution in [2.24, 2.45) is 0 Å². The highest BCUT2D eigenvalue weighted by Gasteiger charge is 2.14. The summed E-state index contributed by atoms with van der Waals surface area (Å²) in [4.78, 5) is 34.4. The van der Waals surface area contributed by atoms with Crippen molar-refractivity contribution in [1.82, 2.24) is 5.32 Å². The maximum absolute atomic E-state index is 12.2. The van der Waals surface area contributed by atoms with Crippen LogP contribution in [0.2, 0.25) is 5.02 Å². The second-order valence-corrected chi connectivity index (χ2v) is 7.17. The van der Waals surface area contributed by atoms with Gasteiger partial charge in [-0.05, 0) is 41.0 Å². The van der Waals surface area contributed by atoms with Crippen LogP contribution in [0.15, 0.2) is 66.7 Å². The second-order valence-electron chi connectivity index (χ2n) is 6.77. The van der Waals surface area contributed by atoms with E-state index in [4.69, 9.17) is 16.3 Å². The average Bonchev–Trinajstić information content (AvgIpc) is 2.76. The van der Waals surface area contributed by atoms with Gasteiger partial charge in [-0.25, -0.2) is 4.79 Å². The molecule has 1 amide bonds. The summed E-state index contributed by atoms with van der Waals surface area (Å²) in [5.74, 6) is -1.19. The third-order valence-corrected chi connectivity index (χ3v) is 4.91. The lowest BCUT2D eigenvalue weighted by Gasteiger charge is -2.16. The molecule has 0 aliphatic carbocycles. The van der Waals surface area contributed by atoms with E-state index in [2.05, 4.69) is 5.32 Å². The Bertz CT molecular complexity index is 1170. The Morgan fingerprint density at radius 1 is 1.16 bits per heavy atom.